The van der Waals surface area contributed by atoms with Crippen LogP contribution in [0.15, 0.2) is 30.3 Å². The van der Waals surface area contributed by atoms with Gasteiger partial charge in [0, 0.05) is 0 Å². The van der Waals surface area contributed by atoms with Crippen molar-refractivity contribution < 1.29 is 5.11 Å². The molecule has 0 aliphatic rings. The van der Waals surface area contributed by atoms with Crippen LogP contribution < -0.4 is 0 Å². The number of benzene rings is 2. The summed E-state index contributed by atoms with van der Waals surface area (Å²) in [6.45, 7) is 8.10. The van der Waals surface area contributed by atoms with Crippen LogP contribution >= 0.6 is 0 Å². The molecule has 0 amide bonds. The quantitative estimate of drug-likeness (QED) is 0.769. The number of rotatable bonds is 1. The van der Waals surface area contributed by atoms with Crippen LogP contribution in [0.5, 0.6) is 5.75 Å². The van der Waals surface area contributed by atoms with Gasteiger partial charge in [-0.2, -0.15) is 0 Å². The highest BCUT2D eigenvalue weighted by Crippen LogP contribution is 2.31. The zero-order valence-corrected chi connectivity index (χ0v) is 10.8. The van der Waals surface area contributed by atoms with Crippen LogP contribution in [0.4, 0.5) is 0 Å². The lowest BCUT2D eigenvalue weighted by molar-refractivity contribution is 0.467. The third-order valence-electron chi connectivity index (χ3n) is 3.20. The summed E-state index contributed by atoms with van der Waals surface area (Å²) in [5.74, 6) is 0.402. The van der Waals surface area contributed by atoms with Gasteiger partial charge in [-0.1, -0.05) is 23.8 Å². The lowest BCUT2D eigenvalue weighted by Gasteiger charge is -2.11. The second kappa shape index (κ2) is 4.25. The van der Waals surface area contributed by atoms with Crippen LogP contribution in [-0.2, 0) is 0 Å². The summed E-state index contributed by atoms with van der Waals surface area (Å²) in [6, 6.07) is 10.6. The highest BCUT2D eigenvalue weighted by Gasteiger charge is 2.07. The Kier molecular flexibility index (Phi) is 2.93. The van der Waals surface area contributed by atoms with E-state index in [4.69, 9.17) is 0 Å². The Hall–Kier alpha value is -1.76. The molecule has 0 aliphatic carbocycles. The predicted octanol–water partition coefficient (Wildman–Crippen LogP) is 4.29. The van der Waals surface area contributed by atoms with Crippen LogP contribution in [-0.4, -0.2) is 5.11 Å². The molecule has 0 saturated heterocycles. The summed E-state index contributed by atoms with van der Waals surface area (Å²) in [7, 11) is 0. The number of hydrogen-bond acceptors (Lipinski definition) is 1. The summed E-state index contributed by atoms with van der Waals surface area (Å²) in [5.41, 5.74) is 6.81. The molecule has 0 bridgehead atoms. The fourth-order valence-electron chi connectivity index (χ4n) is 2.16. The number of hydrogen-bond donors (Lipinski definition) is 1. The first-order valence-corrected chi connectivity index (χ1v) is 5.87. The first-order valence-electron chi connectivity index (χ1n) is 5.87. The number of aryl methyl sites for hydroxylation is 4. The van der Waals surface area contributed by atoms with Gasteiger partial charge in [0.1, 0.15) is 5.75 Å². The minimum atomic E-state index is 0.402. The Balaban J connectivity index is 2.64. The number of phenolic OH excluding ortho intramolecular Hbond substituents is 1. The molecule has 1 N–H and O–H groups in total. The molecule has 2 rings (SSSR count). The van der Waals surface area contributed by atoms with Crippen LogP contribution in [0.3, 0.4) is 0 Å². The van der Waals surface area contributed by atoms with Crippen molar-refractivity contribution in [2.24, 2.45) is 0 Å². The maximum Gasteiger partial charge on any atom is 0.121 e. The average Bonchev–Trinajstić information content (AvgIpc) is 2.28. The summed E-state index contributed by atoms with van der Waals surface area (Å²) in [5, 5.41) is 9.80. The van der Waals surface area contributed by atoms with E-state index in [-0.39, 0.29) is 0 Å². The molecular weight excluding hydrogens is 208 g/mol. The predicted molar refractivity (Wildman–Crippen MR) is 72.5 cm³/mol. The fourth-order valence-corrected chi connectivity index (χ4v) is 2.16. The Morgan fingerprint density at radius 2 is 1.35 bits per heavy atom. The minimum absolute atomic E-state index is 0.402. The topological polar surface area (TPSA) is 20.2 Å². The van der Waals surface area contributed by atoms with Crippen LogP contribution in [0, 0.1) is 27.7 Å². The standard InChI is InChI=1S/C16H18O/c1-10-5-6-11(2)15(7-10)14-8-12(3)16(17)13(4)9-14/h5-9,17H,1-4H3. The molecule has 2 aromatic carbocycles. The van der Waals surface area contributed by atoms with E-state index in [1.54, 1.807) is 0 Å². The first-order chi connectivity index (χ1) is 7.99. The van der Waals surface area contributed by atoms with Crippen LogP contribution in [0.1, 0.15) is 22.3 Å². The van der Waals surface area contributed by atoms with E-state index in [2.05, 4.69) is 32.0 Å². The molecule has 0 radical (unpaired) electrons. The molecule has 0 unspecified atom stereocenters. The Bertz CT molecular complexity index is 545. The van der Waals surface area contributed by atoms with Crippen molar-refractivity contribution in [2.75, 3.05) is 0 Å². The minimum Gasteiger partial charge on any atom is -0.507 e. The number of phenols is 1. The van der Waals surface area contributed by atoms with Crippen LogP contribution in [0.2, 0.25) is 0 Å². The highest BCUT2D eigenvalue weighted by molar-refractivity contribution is 5.70. The van der Waals surface area contributed by atoms with Crippen molar-refractivity contribution in [1.82, 2.24) is 0 Å². The molecule has 88 valence electrons. The number of aromatic hydroxyl groups is 1. The average molecular weight is 226 g/mol. The van der Waals surface area contributed by atoms with Crippen molar-refractivity contribution >= 4 is 0 Å². The van der Waals surface area contributed by atoms with Gasteiger partial charge in [0.25, 0.3) is 0 Å². The molecule has 0 aliphatic heterocycles. The Morgan fingerprint density at radius 1 is 0.765 bits per heavy atom. The molecule has 0 heterocycles. The Labute approximate surface area is 103 Å². The van der Waals surface area contributed by atoms with Gasteiger partial charge >= 0.3 is 0 Å². The largest absolute Gasteiger partial charge is 0.507 e. The molecule has 0 saturated carbocycles. The molecule has 0 spiro atoms. The van der Waals surface area contributed by atoms with E-state index in [0.29, 0.717) is 5.75 Å². The lowest BCUT2D eigenvalue weighted by atomic mass is 9.95. The monoisotopic (exact) mass is 226 g/mol. The maximum absolute atomic E-state index is 9.80. The van der Waals surface area contributed by atoms with Crippen molar-refractivity contribution in [3.8, 4) is 16.9 Å². The zero-order valence-electron chi connectivity index (χ0n) is 10.8. The van der Waals surface area contributed by atoms with E-state index in [9.17, 15) is 5.11 Å². The summed E-state index contributed by atoms with van der Waals surface area (Å²) in [6.07, 6.45) is 0. The maximum atomic E-state index is 9.80. The summed E-state index contributed by atoms with van der Waals surface area (Å²) >= 11 is 0. The lowest BCUT2D eigenvalue weighted by Crippen LogP contribution is -1.88. The van der Waals surface area contributed by atoms with Gasteiger partial charge in [0.2, 0.25) is 0 Å². The second-order valence-electron chi connectivity index (χ2n) is 4.78. The molecule has 1 nitrogen and oxygen atoms in total. The first kappa shape index (κ1) is 11.7. The van der Waals surface area contributed by atoms with E-state index in [1.807, 2.05) is 26.0 Å². The molecule has 2 aromatic rings. The Morgan fingerprint density at radius 3 is 1.94 bits per heavy atom. The zero-order chi connectivity index (χ0) is 12.6. The van der Waals surface area contributed by atoms with Crippen molar-refractivity contribution in [2.45, 2.75) is 27.7 Å². The SMILES string of the molecule is Cc1ccc(C)c(-c2cc(C)c(O)c(C)c2)c1. The molecule has 1 heteroatoms. The summed E-state index contributed by atoms with van der Waals surface area (Å²) in [4.78, 5) is 0. The van der Waals surface area contributed by atoms with Crippen molar-refractivity contribution in [3.63, 3.8) is 0 Å². The van der Waals surface area contributed by atoms with E-state index in [0.717, 1.165) is 11.1 Å². The molecule has 0 fully saturated rings. The van der Waals surface area contributed by atoms with Gasteiger partial charge in [-0.15, -0.1) is 0 Å². The van der Waals surface area contributed by atoms with Gasteiger partial charge in [0.05, 0.1) is 0 Å². The molecular formula is C16H18O. The van der Waals surface area contributed by atoms with Gasteiger partial charge in [-0.25, -0.2) is 0 Å². The van der Waals surface area contributed by atoms with E-state index in [1.165, 1.54) is 22.3 Å². The second-order valence-corrected chi connectivity index (χ2v) is 4.78. The third kappa shape index (κ3) is 2.19. The third-order valence-corrected chi connectivity index (χ3v) is 3.20. The fraction of sp³-hybridized carbons (Fsp3) is 0.250. The summed E-state index contributed by atoms with van der Waals surface area (Å²) < 4.78 is 0. The molecule has 0 aromatic heterocycles. The van der Waals surface area contributed by atoms with E-state index >= 15 is 0 Å². The van der Waals surface area contributed by atoms with Gasteiger partial charge in [-0.05, 0) is 67.6 Å². The van der Waals surface area contributed by atoms with Gasteiger partial charge in [-0.3, -0.25) is 0 Å². The van der Waals surface area contributed by atoms with Crippen molar-refractivity contribution in [3.05, 3.63) is 52.6 Å². The van der Waals surface area contributed by atoms with Gasteiger partial charge in [0.15, 0.2) is 0 Å². The highest BCUT2D eigenvalue weighted by atomic mass is 16.3. The smallest absolute Gasteiger partial charge is 0.121 e. The van der Waals surface area contributed by atoms with Crippen molar-refractivity contribution in [1.29, 1.82) is 0 Å². The van der Waals surface area contributed by atoms with Crippen LogP contribution in [0.25, 0.3) is 11.1 Å². The molecule has 0 atom stereocenters. The normalized spacial score (nSPS) is 10.6. The van der Waals surface area contributed by atoms with E-state index < -0.39 is 0 Å². The molecule has 17 heavy (non-hydrogen) atoms. The van der Waals surface area contributed by atoms with Gasteiger partial charge < -0.3 is 5.11 Å².